The maximum absolute atomic E-state index is 12.6. The van der Waals surface area contributed by atoms with Crippen molar-refractivity contribution >= 4 is 11.5 Å². The number of aromatic nitrogens is 4. The first kappa shape index (κ1) is 15.8. The van der Waals surface area contributed by atoms with Crippen LogP contribution >= 0.6 is 0 Å². The zero-order valence-electron chi connectivity index (χ0n) is 12.4. The predicted molar refractivity (Wildman–Crippen MR) is 81.3 cm³/mol. The van der Waals surface area contributed by atoms with E-state index < -0.39 is 11.7 Å². The molecule has 0 unspecified atom stereocenters. The van der Waals surface area contributed by atoms with Gasteiger partial charge < -0.3 is 9.88 Å². The quantitative estimate of drug-likeness (QED) is 0.799. The van der Waals surface area contributed by atoms with Gasteiger partial charge in [0, 0.05) is 19.4 Å². The fourth-order valence-corrected chi connectivity index (χ4v) is 2.05. The van der Waals surface area contributed by atoms with Gasteiger partial charge in [0.25, 0.3) is 5.56 Å². The Hall–Kier alpha value is -3.10. The Morgan fingerprint density at radius 1 is 1.17 bits per heavy atom. The van der Waals surface area contributed by atoms with E-state index in [1.807, 2.05) is 0 Å². The number of nitrogens with zero attached hydrogens (tertiary/aromatic N) is 4. The summed E-state index contributed by atoms with van der Waals surface area (Å²) in [5.74, 6) is 0.131. The van der Waals surface area contributed by atoms with E-state index >= 15 is 0 Å². The maximum atomic E-state index is 12.6. The molecule has 0 aliphatic carbocycles. The Morgan fingerprint density at radius 2 is 1.88 bits per heavy atom. The van der Waals surface area contributed by atoms with Crippen molar-refractivity contribution < 1.29 is 13.2 Å². The molecule has 3 rings (SSSR count). The number of hydrogen-bond acceptors (Lipinski definition) is 4. The highest BCUT2D eigenvalue weighted by Gasteiger charge is 2.30. The van der Waals surface area contributed by atoms with Crippen molar-refractivity contribution in [3.8, 4) is 5.69 Å². The van der Waals surface area contributed by atoms with Gasteiger partial charge in [0.2, 0.25) is 0 Å². The lowest BCUT2D eigenvalue weighted by molar-refractivity contribution is -0.137. The van der Waals surface area contributed by atoms with Gasteiger partial charge >= 0.3 is 6.18 Å². The van der Waals surface area contributed by atoms with Crippen LogP contribution < -0.4 is 10.9 Å². The molecule has 0 amide bonds. The number of rotatable bonds is 3. The third-order valence-electron chi connectivity index (χ3n) is 3.32. The second kappa shape index (κ2) is 5.84. The van der Waals surface area contributed by atoms with Crippen LogP contribution in [0.3, 0.4) is 0 Å². The lowest BCUT2D eigenvalue weighted by Crippen LogP contribution is -2.20. The van der Waals surface area contributed by atoms with E-state index in [1.54, 1.807) is 13.2 Å². The SMILES string of the molecule is Cn1ccnc(Nc2cnn(-c3ccc(C(F)(F)F)cc3)c2)c1=O. The van der Waals surface area contributed by atoms with E-state index in [9.17, 15) is 18.0 Å². The second-order valence-electron chi connectivity index (χ2n) is 5.04. The minimum Gasteiger partial charge on any atom is -0.333 e. The largest absolute Gasteiger partial charge is 0.416 e. The van der Waals surface area contributed by atoms with Crippen molar-refractivity contribution in [1.82, 2.24) is 19.3 Å². The molecule has 0 saturated heterocycles. The van der Waals surface area contributed by atoms with Gasteiger partial charge in [0.1, 0.15) is 0 Å². The molecule has 1 aromatic carbocycles. The number of halogens is 3. The lowest BCUT2D eigenvalue weighted by Gasteiger charge is -2.07. The summed E-state index contributed by atoms with van der Waals surface area (Å²) >= 11 is 0. The molecule has 24 heavy (non-hydrogen) atoms. The fourth-order valence-electron chi connectivity index (χ4n) is 2.05. The molecule has 0 bridgehead atoms. The number of anilines is 2. The predicted octanol–water partition coefficient (Wildman–Crippen LogP) is 2.73. The first-order valence-electron chi connectivity index (χ1n) is 6.85. The van der Waals surface area contributed by atoms with E-state index in [0.29, 0.717) is 11.4 Å². The molecule has 6 nitrogen and oxygen atoms in total. The van der Waals surface area contributed by atoms with Crippen LogP contribution in [0.4, 0.5) is 24.7 Å². The van der Waals surface area contributed by atoms with Crippen LogP contribution in [-0.2, 0) is 13.2 Å². The number of aryl methyl sites for hydroxylation is 1. The standard InChI is InChI=1S/C15H12F3N5O/c1-22-7-6-19-13(14(22)24)21-11-8-20-23(9-11)12-4-2-10(3-5-12)15(16,17)18/h2-9H,1H3,(H,19,21). The molecular formula is C15H12F3N5O. The van der Waals surface area contributed by atoms with Crippen LogP contribution in [0.1, 0.15) is 5.56 Å². The van der Waals surface area contributed by atoms with Crippen LogP contribution in [0.15, 0.2) is 53.8 Å². The molecule has 0 aliphatic heterocycles. The summed E-state index contributed by atoms with van der Waals surface area (Å²) in [6.07, 6.45) is 1.63. The summed E-state index contributed by atoms with van der Waals surface area (Å²) in [7, 11) is 1.60. The van der Waals surface area contributed by atoms with E-state index in [0.717, 1.165) is 12.1 Å². The molecule has 9 heteroatoms. The summed E-state index contributed by atoms with van der Waals surface area (Å²) in [6.45, 7) is 0. The lowest BCUT2D eigenvalue weighted by atomic mass is 10.2. The highest BCUT2D eigenvalue weighted by molar-refractivity contribution is 5.53. The van der Waals surface area contributed by atoms with Gasteiger partial charge in [0.05, 0.1) is 29.3 Å². The Labute approximate surface area is 134 Å². The van der Waals surface area contributed by atoms with Crippen molar-refractivity contribution in [2.45, 2.75) is 6.18 Å². The summed E-state index contributed by atoms with van der Waals surface area (Å²) in [5, 5.41) is 6.89. The highest BCUT2D eigenvalue weighted by atomic mass is 19.4. The number of alkyl halides is 3. The highest BCUT2D eigenvalue weighted by Crippen LogP contribution is 2.29. The zero-order valence-corrected chi connectivity index (χ0v) is 12.4. The van der Waals surface area contributed by atoms with Gasteiger partial charge in [-0.15, -0.1) is 0 Å². The van der Waals surface area contributed by atoms with E-state index in [-0.39, 0.29) is 11.4 Å². The summed E-state index contributed by atoms with van der Waals surface area (Å²) < 4.78 is 40.5. The number of benzene rings is 1. The van der Waals surface area contributed by atoms with Gasteiger partial charge in [-0.25, -0.2) is 9.67 Å². The fraction of sp³-hybridized carbons (Fsp3) is 0.133. The summed E-state index contributed by atoms with van der Waals surface area (Å²) in [6, 6.07) is 4.61. The van der Waals surface area contributed by atoms with Gasteiger partial charge in [-0.05, 0) is 24.3 Å². The Kier molecular flexibility index (Phi) is 3.84. The molecule has 0 aliphatic rings. The van der Waals surface area contributed by atoms with Crippen molar-refractivity contribution in [3.05, 3.63) is 65.0 Å². The van der Waals surface area contributed by atoms with Crippen LogP contribution in [0, 0.1) is 0 Å². The molecule has 0 spiro atoms. The molecule has 0 atom stereocenters. The van der Waals surface area contributed by atoms with E-state index in [4.69, 9.17) is 0 Å². The molecule has 3 aromatic rings. The molecule has 0 saturated carbocycles. The monoisotopic (exact) mass is 335 g/mol. The summed E-state index contributed by atoms with van der Waals surface area (Å²) in [4.78, 5) is 15.8. The second-order valence-corrected chi connectivity index (χ2v) is 5.04. The number of hydrogen-bond donors (Lipinski definition) is 1. The summed E-state index contributed by atoms with van der Waals surface area (Å²) in [5.41, 5.74) is -0.0795. The zero-order chi connectivity index (χ0) is 17.3. The van der Waals surface area contributed by atoms with Gasteiger partial charge in [-0.2, -0.15) is 18.3 Å². The smallest absolute Gasteiger partial charge is 0.333 e. The van der Waals surface area contributed by atoms with Crippen molar-refractivity contribution in [2.75, 3.05) is 5.32 Å². The average Bonchev–Trinajstić information content (AvgIpc) is 3.00. The van der Waals surface area contributed by atoms with E-state index in [2.05, 4.69) is 15.4 Å². The van der Waals surface area contributed by atoms with Crippen LogP contribution in [0.2, 0.25) is 0 Å². The van der Waals surface area contributed by atoms with Crippen molar-refractivity contribution in [3.63, 3.8) is 0 Å². The molecule has 124 valence electrons. The minimum atomic E-state index is -4.38. The van der Waals surface area contributed by atoms with Crippen LogP contribution in [-0.4, -0.2) is 19.3 Å². The topological polar surface area (TPSA) is 64.7 Å². The van der Waals surface area contributed by atoms with Gasteiger partial charge in [-0.3, -0.25) is 4.79 Å². The Morgan fingerprint density at radius 3 is 2.54 bits per heavy atom. The third-order valence-corrected chi connectivity index (χ3v) is 3.32. The molecular weight excluding hydrogens is 323 g/mol. The molecule has 2 heterocycles. The minimum absolute atomic E-state index is 0.131. The molecule has 1 N–H and O–H groups in total. The normalized spacial score (nSPS) is 11.5. The van der Waals surface area contributed by atoms with Crippen molar-refractivity contribution in [2.24, 2.45) is 7.05 Å². The Bertz CT molecular complexity index is 912. The van der Waals surface area contributed by atoms with Crippen LogP contribution in [0.5, 0.6) is 0 Å². The van der Waals surface area contributed by atoms with E-state index in [1.165, 1.54) is 40.0 Å². The molecule has 0 fully saturated rings. The Balaban J connectivity index is 1.83. The maximum Gasteiger partial charge on any atom is 0.416 e. The molecule has 2 aromatic heterocycles. The van der Waals surface area contributed by atoms with Gasteiger partial charge in [-0.1, -0.05) is 0 Å². The number of nitrogens with one attached hydrogen (secondary N) is 1. The van der Waals surface area contributed by atoms with Crippen LogP contribution in [0.25, 0.3) is 5.69 Å². The van der Waals surface area contributed by atoms with Crippen molar-refractivity contribution in [1.29, 1.82) is 0 Å². The average molecular weight is 335 g/mol. The van der Waals surface area contributed by atoms with Gasteiger partial charge in [0.15, 0.2) is 5.82 Å². The molecule has 0 radical (unpaired) electrons. The first-order valence-corrected chi connectivity index (χ1v) is 6.85. The first-order chi connectivity index (χ1) is 11.3. The third kappa shape index (κ3) is 3.14.